The van der Waals surface area contributed by atoms with Gasteiger partial charge >= 0.3 is 0 Å². The first-order valence-corrected chi connectivity index (χ1v) is 6.29. The zero-order valence-electron chi connectivity index (χ0n) is 10.5. The lowest BCUT2D eigenvalue weighted by Gasteiger charge is -2.41. The molecule has 3 nitrogen and oxygen atoms in total. The van der Waals surface area contributed by atoms with Gasteiger partial charge in [-0.25, -0.2) is 0 Å². The predicted molar refractivity (Wildman–Crippen MR) is 64.0 cm³/mol. The van der Waals surface area contributed by atoms with E-state index in [2.05, 4.69) is 11.8 Å². The van der Waals surface area contributed by atoms with Crippen molar-refractivity contribution >= 4 is 0 Å². The fourth-order valence-electron chi connectivity index (χ4n) is 2.40. The molecule has 0 aliphatic carbocycles. The van der Waals surface area contributed by atoms with E-state index in [-0.39, 0.29) is 0 Å². The first-order chi connectivity index (χ1) is 7.21. The molecule has 0 aromatic heterocycles. The van der Waals surface area contributed by atoms with Gasteiger partial charge in [0, 0.05) is 37.9 Å². The molecule has 0 aromatic rings. The van der Waals surface area contributed by atoms with Crippen LogP contribution in [0.3, 0.4) is 0 Å². The Morgan fingerprint density at radius 3 is 2.33 bits per heavy atom. The normalized spacial score (nSPS) is 30.8. The molecule has 2 N–H and O–H groups in total. The molecule has 0 saturated carbocycles. The van der Waals surface area contributed by atoms with E-state index < -0.39 is 0 Å². The largest absolute Gasteiger partial charge is 0.381 e. The summed E-state index contributed by atoms with van der Waals surface area (Å²) in [6, 6.07) is 0.402. The molecule has 1 atom stereocenters. The Balaban J connectivity index is 0.000000531. The number of hydrogen-bond donors (Lipinski definition) is 1. The van der Waals surface area contributed by atoms with Gasteiger partial charge in [0.05, 0.1) is 0 Å². The lowest BCUT2D eigenvalue weighted by molar-refractivity contribution is -0.00929. The van der Waals surface area contributed by atoms with Crippen molar-refractivity contribution in [2.24, 2.45) is 5.73 Å². The first kappa shape index (κ1) is 12.9. The summed E-state index contributed by atoms with van der Waals surface area (Å²) in [5.41, 5.74) is 6.29. The van der Waals surface area contributed by atoms with Crippen LogP contribution in [-0.2, 0) is 4.74 Å². The number of rotatable bonds is 1. The average Bonchev–Trinajstić information content (AvgIpc) is 2.70. The molecule has 0 aromatic carbocycles. The summed E-state index contributed by atoms with van der Waals surface area (Å²) in [6.45, 7) is 10.5. The third-order valence-electron chi connectivity index (χ3n) is 3.56. The second kappa shape index (κ2) is 5.83. The van der Waals surface area contributed by atoms with Gasteiger partial charge in [-0.2, -0.15) is 0 Å². The molecule has 0 bridgehead atoms. The lowest BCUT2D eigenvalue weighted by atomic mass is 9.91. The van der Waals surface area contributed by atoms with Gasteiger partial charge in [-0.3, -0.25) is 4.90 Å². The topological polar surface area (TPSA) is 38.5 Å². The summed E-state index contributed by atoms with van der Waals surface area (Å²) in [5, 5.41) is 0. The zero-order valence-corrected chi connectivity index (χ0v) is 10.5. The molecule has 2 saturated heterocycles. The standard InChI is InChI=1S/C10H20N2O.C2H6/c1-10(3-6-13-7-4-10)12-5-2-9(11)8-12;1-2/h9H,2-8,11H2,1H3;1-2H3. The SMILES string of the molecule is CC.CC1(N2CCC(N)C2)CCOCC1. The maximum absolute atomic E-state index is 5.92. The monoisotopic (exact) mass is 214 g/mol. The quantitative estimate of drug-likeness (QED) is 0.721. The lowest BCUT2D eigenvalue weighted by Crippen LogP contribution is -2.49. The van der Waals surface area contributed by atoms with Crippen molar-refractivity contribution in [2.45, 2.75) is 51.6 Å². The van der Waals surface area contributed by atoms with E-state index in [1.54, 1.807) is 0 Å². The van der Waals surface area contributed by atoms with Crippen LogP contribution < -0.4 is 5.73 Å². The minimum absolute atomic E-state index is 0.367. The van der Waals surface area contributed by atoms with Gasteiger partial charge in [0.25, 0.3) is 0 Å². The summed E-state index contributed by atoms with van der Waals surface area (Å²) in [5.74, 6) is 0. The highest BCUT2D eigenvalue weighted by Crippen LogP contribution is 2.30. The van der Waals surface area contributed by atoms with Crippen LogP contribution in [0.4, 0.5) is 0 Å². The highest BCUT2D eigenvalue weighted by Gasteiger charge is 2.36. The Hall–Kier alpha value is -0.120. The van der Waals surface area contributed by atoms with Crippen LogP contribution in [0.1, 0.15) is 40.0 Å². The molecule has 2 rings (SSSR count). The van der Waals surface area contributed by atoms with Crippen molar-refractivity contribution in [1.82, 2.24) is 4.90 Å². The fourth-order valence-corrected chi connectivity index (χ4v) is 2.40. The second-order valence-electron chi connectivity index (χ2n) is 4.60. The van der Waals surface area contributed by atoms with Gasteiger partial charge in [0.1, 0.15) is 0 Å². The van der Waals surface area contributed by atoms with Crippen molar-refractivity contribution < 1.29 is 4.74 Å². The molecule has 2 heterocycles. The molecule has 15 heavy (non-hydrogen) atoms. The molecule has 1 unspecified atom stereocenters. The van der Waals surface area contributed by atoms with Crippen LogP contribution in [0.5, 0.6) is 0 Å². The average molecular weight is 214 g/mol. The summed E-state index contributed by atoms with van der Waals surface area (Å²) < 4.78 is 5.39. The summed E-state index contributed by atoms with van der Waals surface area (Å²) in [7, 11) is 0. The van der Waals surface area contributed by atoms with Gasteiger partial charge in [0.2, 0.25) is 0 Å². The third-order valence-corrected chi connectivity index (χ3v) is 3.56. The van der Waals surface area contributed by atoms with E-state index in [1.807, 2.05) is 13.8 Å². The fraction of sp³-hybridized carbons (Fsp3) is 1.00. The van der Waals surface area contributed by atoms with E-state index in [4.69, 9.17) is 10.5 Å². The first-order valence-electron chi connectivity index (χ1n) is 6.29. The summed E-state index contributed by atoms with van der Waals surface area (Å²) in [4.78, 5) is 2.56. The molecule has 2 aliphatic heterocycles. The predicted octanol–water partition coefficient (Wildman–Crippen LogP) is 1.61. The van der Waals surface area contributed by atoms with Gasteiger partial charge in [-0.05, 0) is 26.2 Å². The summed E-state index contributed by atoms with van der Waals surface area (Å²) in [6.07, 6.45) is 3.50. The van der Waals surface area contributed by atoms with Gasteiger partial charge in [-0.1, -0.05) is 13.8 Å². The second-order valence-corrected chi connectivity index (χ2v) is 4.60. The highest BCUT2D eigenvalue weighted by molar-refractivity contribution is 4.93. The Morgan fingerprint density at radius 2 is 1.87 bits per heavy atom. The van der Waals surface area contributed by atoms with Crippen molar-refractivity contribution in [3.05, 3.63) is 0 Å². The Bertz CT molecular complexity index is 178. The van der Waals surface area contributed by atoms with E-state index in [0.717, 1.165) is 26.2 Å². The molecule has 90 valence electrons. The molecule has 3 heteroatoms. The van der Waals surface area contributed by atoms with E-state index in [1.165, 1.54) is 19.4 Å². The van der Waals surface area contributed by atoms with Crippen LogP contribution >= 0.6 is 0 Å². The maximum atomic E-state index is 5.92. The minimum Gasteiger partial charge on any atom is -0.381 e. The number of nitrogens with two attached hydrogens (primary N) is 1. The van der Waals surface area contributed by atoms with Crippen molar-refractivity contribution in [1.29, 1.82) is 0 Å². The van der Waals surface area contributed by atoms with E-state index in [9.17, 15) is 0 Å². The van der Waals surface area contributed by atoms with Gasteiger partial charge in [-0.15, -0.1) is 0 Å². The highest BCUT2D eigenvalue weighted by atomic mass is 16.5. The maximum Gasteiger partial charge on any atom is 0.0483 e. The third kappa shape index (κ3) is 3.16. The van der Waals surface area contributed by atoms with Crippen molar-refractivity contribution in [3.8, 4) is 0 Å². The molecular weight excluding hydrogens is 188 g/mol. The van der Waals surface area contributed by atoms with Crippen LogP contribution in [0.25, 0.3) is 0 Å². The molecule has 2 aliphatic rings. The number of likely N-dealkylation sites (tertiary alicyclic amines) is 1. The molecule has 0 radical (unpaired) electrons. The minimum atomic E-state index is 0.367. The Labute approximate surface area is 94.0 Å². The van der Waals surface area contributed by atoms with Crippen molar-refractivity contribution in [3.63, 3.8) is 0 Å². The molecular formula is C12H26N2O. The van der Waals surface area contributed by atoms with Crippen LogP contribution in [0.15, 0.2) is 0 Å². The summed E-state index contributed by atoms with van der Waals surface area (Å²) >= 11 is 0. The molecule has 2 fully saturated rings. The van der Waals surface area contributed by atoms with Crippen LogP contribution in [0.2, 0.25) is 0 Å². The zero-order chi connectivity index (χ0) is 11.3. The number of nitrogens with zero attached hydrogens (tertiary/aromatic N) is 1. The Kier molecular flexibility index (Phi) is 5.03. The van der Waals surface area contributed by atoms with E-state index >= 15 is 0 Å². The van der Waals surface area contributed by atoms with Crippen LogP contribution in [0, 0.1) is 0 Å². The molecule has 0 amide bonds. The van der Waals surface area contributed by atoms with Gasteiger partial charge < -0.3 is 10.5 Å². The number of ether oxygens (including phenoxy) is 1. The molecule has 0 spiro atoms. The smallest absolute Gasteiger partial charge is 0.0483 e. The van der Waals surface area contributed by atoms with Crippen molar-refractivity contribution in [2.75, 3.05) is 26.3 Å². The van der Waals surface area contributed by atoms with Crippen LogP contribution in [-0.4, -0.2) is 42.8 Å². The van der Waals surface area contributed by atoms with E-state index in [0.29, 0.717) is 11.6 Å². The van der Waals surface area contributed by atoms with Gasteiger partial charge in [0.15, 0.2) is 0 Å². The Morgan fingerprint density at radius 1 is 1.27 bits per heavy atom. The number of hydrogen-bond acceptors (Lipinski definition) is 3.